The van der Waals surface area contributed by atoms with Gasteiger partial charge in [0.05, 0.1) is 10.6 Å². The summed E-state index contributed by atoms with van der Waals surface area (Å²) in [6.45, 7) is 5.96. The minimum absolute atomic E-state index is 0.271. The first-order valence-corrected chi connectivity index (χ1v) is 10.4. The van der Waals surface area contributed by atoms with Gasteiger partial charge < -0.3 is 4.52 Å². The van der Waals surface area contributed by atoms with Crippen molar-refractivity contribution in [2.45, 2.75) is 38.5 Å². The highest BCUT2D eigenvalue weighted by atomic mass is 32.2. The summed E-state index contributed by atoms with van der Waals surface area (Å²) >= 11 is 0. The van der Waals surface area contributed by atoms with Crippen molar-refractivity contribution in [2.75, 3.05) is 6.54 Å². The van der Waals surface area contributed by atoms with E-state index in [-0.39, 0.29) is 4.90 Å². The second-order valence-electron chi connectivity index (χ2n) is 6.69. The molecule has 1 aromatic heterocycles. The molecule has 3 aromatic rings. The third kappa shape index (κ3) is 4.46. The summed E-state index contributed by atoms with van der Waals surface area (Å²) in [6.07, 6.45) is 1.57. The third-order valence-corrected chi connectivity index (χ3v) is 6.28. The predicted octanol–water partition coefficient (Wildman–Crippen LogP) is 4.18. The predicted molar refractivity (Wildman–Crippen MR) is 106 cm³/mol. The van der Waals surface area contributed by atoms with Crippen molar-refractivity contribution in [3.8, 4) is 11.3 Å². The van der Waals surface area contributed by atoms with E-state index in [0.29, 0.717) is 23.4 Å². The van der Waals surface area contributed by atoms with E-state index in [1.165, 1.54) is 5.56 Å². The van der Waals surface area contributed by atoms with Crippen LogP contribution in [0.25, 0.3) is 11.3 Å². The highest BCUT2D eigenvalue weighted by molar-refractivity contribution is 7.89. The number of benzene rings is 2. The van der Waals surface area contributed by atoms with Crippen LogP contribution in [0.3, 0.4) is 0 Å². The average Bonchev–Trinajstić information content (AvgIpc) is 2.99. The SMILES string of the molecule is Cc1ccc(-c2onc(C)c2C)cc1S(=O)(=O)NCCCc1ccccc1. The van der Waals surface area contributed by atoms with Crippen LogP contribution in [0.4, 0.5) is 0 Å². The fourth-order valence-corrected chi connectivity index (χ4v) is 4.28. The maximum Gasteiger partial charge on any atom is 0.240 e. The zero-order valence-electron chi connectivity index (χ0n) is 15.8. The number of nitrogens with one attached hydrogen (secondary N) is 1. The summed E-state index contributed by atoms with van der Waals surface area (Å²) in [4.78, 5) is 0.271. The highest BCUT2D eigenvalue weighted by Crippen LogP contribution is 2.28. The van der Waals surface area contributed by atoms with Crippen molar-refractivity contribution in [1.29, 1.82) is 0 Å². The molecule has 0 amide bonds. The molecule has 0 unspecified atom stereocenters. The first-order chi connectivity index (χ1) is 12.9. The zero-order chi connectivity index (χ0) is 19.4. The molecule has 0 bridgehead atoms. The largest absolute Gasteiger partial charge is 0.356 e. The average molecular weight is 385 g/mol. The topological polar surface area (TPSA) is 72.2 Å². The molecule has 27 heavy (non-hydrogen) atoms. The smallest absolute Gasteiger partial charge is 0.240 e. The summed E-state index contributed by atoms with van der Waals surface area (Å²) in [5, 5.41) is 3.96. The fourth-order valence-electron chi connectivity index (χ4n) is 2.94. The van der Waals surface area contributed by atoms with Gasteiger partial charge in [0.1, 0.15) is 0 Å². The Bertz CT molecular complexity index is 1020. The van der Waals surface area contributed by atoms with Crippen molar-refractivity contribution in [2.24, 2.45) is 0 Å². The molecule has 3 rings (SSSR count). The minimum atomic E-state index is -3.59. The molecule has 6 heteroatoms. The van der Waals surface area contributed by atoms with Crippen LogP contribution in [0.5, 0.6) is 0 Å². The first-order valence-electron chi connectivity index (χ1n) is 8.96. The molecule has 0 atom stereocenters. The molecule has 0 saturated carbocycles. The number of aromatic nitrogens is 1. The van der Waals surface area contributed by atoms with Gasteiger partial charge in [-0.3, -0.25) is 0 Å². The van der Waals surface area contributed by atoms with Crippen LogP contribution < -0.4 is 4.72 Å². The standard InChI is InChI=1S/C21H24N2O3S/c1-15-11-12-19(21-16(2)17(3)23-26-21)14-20(15)27(24,25)22-13-7-10-18-8-5-4-6-9-18/h4-6,8-9,11-12,14,22H,7,10,13H2,1-3H3. The lowest BCUT2D eigenvalue weighted by atomic mass is 10.1. The third-order valence-electron chi connectivity index (χ3n) is 4.67. The van der Waals surface area contributed by atoms with Crippen LogP contribution in [0.1, 0.15) is 28.8 Å². The van der Waals surface area contributed by atoms with Crippen molar-refractivity contribution in [3.05, 3.63) is 70.9 Å². The van der Waals surface area contributed by atoms with Gasteiger partial charge in [-0.15, -0.1) is 0 Å². The van der Waals surface area contributed by atoms with Gasteiger partial charge in [0.2, 0.25) is 10.0 Å². The van der Waals surface area contributed by atoms with Crippen LogP contribution in [0.15, 0.2) is 57.9 Å². The van der Waals surface area contributed by atoms with Gasteiger partial charge in [0, 0.05) is 17.7 Å². The van der Waals surface area contributed by atoms with E-state index in [2.05, 4.69) is 9.88 Å². The molecular weight excluding hydrogens is 360 g/mol. The number of nitrogens with zero attached hydrogens (tertiary/aromatic N) is 1. The lowest BCUT2D eigenvalue weighted by Gasteiger charge is -2.11. The molecule has 0 fully saturated rings. The second kappa shape index (κ2) is 8.06. The summed E-state index contributed by atoms with van der Waals surface area (Å²) < 4.78 is 33.6. The number of aryl methyl sites for hydroxylation is 3. The molecular formula is C21H24N2O3S. The maximum atomic E-state index is 12.8. The van der Waals surface area contributed by atoms with Crippen LogP contribution >= 0.6 is 0 Å². The number of sulfonamides is 1. The van der Waals surface area contributed by atoms with Crippen molar-refractivity contribution < 1.29 is 12.9 Å². The van der Waals surface area contributed by atoms with Crippen LogP contribution in [0, 0.1) is 20.8 Å². The zero-order valence-corrected chi connectivity index (χ0v) is 16.6. The number of hydrogen-bond acceptors (Lipinski definition) is 4. The van der Waals surface area contributed by atoms with E-state index in [0.717, 1.165) is 24.1 Å². The van der Waals surface area contributed by atoms with Gasteiger partial charge in [-0.1, -0.05) is 47.6 Å². The molecule has 0 aliphatic heterocycles. The van der Waals surface area contributed by atoms with Gasteiger partial charge in [0.15, 0.2) is 5.76 Å². The molecule has 0 aliphatic rings. The van der Waals surface area contributed by atoms with E-state index in [1.54, 1.807) is 19.1 Å². The van der Waals surface area contributed by atoms with Crippen molar-refractivity contribution >= 4 is 10.0 Å². The van der Waals surface area contributed by atoms with E-state index in [9.17, 15) is 8.42 Å². The van der Waals surface area contributed by atoms with E-state index in [4.69, 9.17) is 4.52 Å². The van der Waals surface area contributed by atoms with E-state index >= 15 is 0 Å². The van der Waals surface area contributed by atoms with Gasteiger partial charge in [-0.05, 0) is 50.8 Å². The summed E-state index contributed by atoms with van der Waals surface area (Å²) in [5.74, 6) is 0.605. The molecule has 0 saturated heterocycles. The summed E-state index contributed by atoms with van der Waals surface area (Å²) in [7, 11) is -3.59. The van der Waals surface area contributed by atoms with E-state index < -0.39 is 10.0 Å². The Morgan fingerprint density at radius 2 is 1.78 bits per heavy atom. The Morgan fingerprint density at radius 3 is 2.44 bits per heavy atom. The summed E-state index contributed by atoms with van der Waals surface area (Å²) in [5.41, 5.74) is 4.32. The molecule has 0 radical (unpaired) electrons. The summed E-state index contributed by atoms with van der Waals surface area (Å²) in [6, 6.07) is 15.3. The molecule has 2 aromatic carbocycles. The van der Waals surface area contributed by atoms with Crippen LogP contribution in [0.2, 0.25) is 0 Å². The van der Waals surface area contributed by atoms with Crippen molar-refractivity contribution in [1.82, 2.24) is 9.88 Å². The molecule has 0 aliphatic carbocycles. The van der Waals surface area contributed by atoms with Crippen LogP contribution in [-0.2, 0) is 16.4 Å². The van der Waals surface area contributed by atoms with Gasteiger partial charge in [-0.25, -0.2) is 13.1 Å². The van der Waals surface area contributed by atoms with E-state index in [1.807, 2.05) is 50.2 Å². The molecule has 0 spiro atoms. The Hall–Kier alpha value is -2.44. The second-order valence-corrected chi connectivity index (χ2v) is 8.42. The Labute approximate surface area is 160 Å². The monoisotopic (exact) mass is 384 g/mol. The maximum absolute atomic E-state index is 12.8. The van der Waals surface area contributed by atoms with Crippen LogP contribution in [-0.4, -0.2) is 20.1 Å². The molecule has 142 valence electrons. The van der Waals surface area contributed by atoms with Gasteiger partial charge >= 0.3 is 0 Å². The number of rotatable bonds is 7. The quantitative estimate of drug-likeness (QED) is 0.620. The Balaban J connectivity index is 1.73. The van der Waals surface area contributed by atoms with Gasteiger partial charge in [0.25, 0.3) is 0 Å². The van der Waals surface area contributed by atoms with Crippen molar-refractivity contribution in [3.63, 3.8) is 0 Å². The lowest BCUT2D eigenvalue weighted by Crippen LogP contribution is -2.25. The first kappa shape index (κ1) is 19.3. The molecule has 5 nitrogen and oxygen atoms in total. The Kier molecular flexibility index (Phi) is 5.77. The minimum Gasteiger partial charge on any atom is -0.356 e. The fraction of sp³-hybridized carbons (Fsp3) is 0.286. The highest BCUT2D eigenvalue weighted by Gasteiger charge is 2.19. The Morgan fingerprint density at radius 1 is 1.04 bits per heavy atom. The molecule has 1 N–H and O–H groups in total. The molecule has 1 heterocycles. The normalized spacial score (nSPS) is 11.7. The lowest BCUT2D eigenvalue weighted by molar-refractivity contribution is 0.426. The van der Waals surface area contributed by atoms with Gasteiger partial charge in [-0.2, -0.15) is 0 Å². The number of hydrogen-bond donors (Lipinski definition) is 1.